The first kappa shape index (κ1) is 5.85. The molecule has 2 heterocycles. The van der Waals surface area contributed by atoms with Crippen LogP contribution in [0.2, 0.25) is 0 Å². The van der Waals surface area contributed by atoms with E-state index >= 15 is 0 Å². The van der Waals surface area contributed by atoms with Gasteiger partial charge in [-0.25, -0.2) is 9.50 Å². The molecule has 2 rings (SSSR count). The second-order valence-corrected chi connectivity index (χ2v) is 2.92. The number of hydrogen-bond acceptors (Lipinski definition) is 3. The van der Waals surface area contributed by atoms with Crippen LogP contribution in [0.1, 0.15) is 11.5 Å². The van der Waals surface area contributed by atoms with E-state index in [-0.39, 0.29) is 0 Å². The van der Waals surface area contributed by atoms with Gasteiger partial charge in [0.15, 0.2) is 0 Å². The summed E-state index contributed by atoms with van der Waals surface area (Å²) >= 11 is 1.50. The highest BCUT2D eigenvalue weighted by Crippen LogP contribution is 2.11. The van der Waals surface area contributed by atoms with Crippen molar-refractivity contribution in [1.29, 1.82) is 0 Å². The predicted octanol–water partition coefficient (Wildman–Crippen LogP) is 1.21. The second kappa shape index (κ2) is 1.79. The Hall–Kier alpha value is -0.900. The van der Waals surface area contributed by atoms with E-state index in [2.05, 4.69) is 15.5 Å². The van der Waals surface area contributed by atoms with Gasteiger partial charge in [0.1, 0.15) is 5.82 Å². The molecule has 0 N–H and O–H groups in total. The SMILES string of the molecule is Cc1nc2s[c]c(C)n2n1. The molecular formula is C6H6N3S. The molecule has 0 unspecified atom stereocenters. The van der Waals surface area contributed by atoms with Crippen LogP contribution < -0.4 is 0 Å². The van der Waals surface area contributed by atoms with Crippen LogP contribution in [-0.2, 0) is 0 Å². The molecule has 1 radical (unpaired) electrons. The molecule has 0 amide bonds. The van der Waals surface area contributed by atoms with E-state index in [1.165, 1.54) is 11.3 Å². The van der Waals surface area contributed by atoms with Gasteiger partial charge in [0.2, 0.25) is 4.96 Å². The first-order chi connectivity index (χ1) is 4.77. The number of thiazole rings is 1. The van der Waals surface area contributed by atoms with E-state index in [4.69, 9.17) is 0 Å². The van der Waals surface area contributed by atoms with Gasteiger partial charge in [-0.2, -0.15) is 5.10 Å². The molecule has 0 atom stereocenters. The molecule has 0 aliphatic carbocycles. The highest BCUT2D eigenvalue weighted by molar-refractivity contribution is 7.14. The van der Waals surface area contributed by atoms with Crippen LogP contribution in [0, 0.1) is 19.2 Å². The van der Waals surface area contributed by atoms with Gasteiger partial charge in [-0.15, -0.1) is 0 Å². The molecule has 2 aromatic rings. The monoisotopic (exact) mass is 152 g/mol. The Kier molecular flexibility index (Phi) is 1.05. The van der Waals surface area contributed by atoms with Crippen molar-refractivity contribution in [1.82, 2.24) is 14.6 Å². The van der Waals surface area contributed by atoms with Crippen LogP contribution >= 0.6 is 11.3 Å². The minimum absolute atomic E-state index is 0.823. The zero-order valence-electron chi connectivity index (χ0n) is 5.75. The quantitative estimate of drug-likeness (QED) is 0.568. The van der Waals surface area contributed by atoms with Gasteiger partial charge in [0, 0.05) is 0 Å². The maximum atomic E-state index is 4.17. The molecule has 0 saturated heterocycles. The summed E-state index contributed by atoms with van der Waals surface area (Å²) in [6.45, 7) is 3.86. The van der Waals surface area contributed by atoms with Crippen molar-refractivity contribution in [3.8, 4) is 0 Å². The summed E-state index contributed by atoms with van der Waals surface area (Å²) in [7, 11) is 0. The van der Waals surface area contributed by atoms with Crippen molar-refractivity contribution in [2.45, 2.75) is 13.8 Å². The van der Waals surface area contributed by atoms with Crippen molar-refractivity contribution in [2.24, 2.45) is 0 Å². The van der Waals surface area contributed by atoms with E-state index in [9.17, 15) is 0 Å². The Morgan fingerprint density at radius 3 is 3.00 bits per heavy atom. The molecule has 0 bridgehead atoms. The normalized spacial score (nSPS) is 11.0. The predicted molar refractivity (Wildman–Crippen MR) is 39.2 cm³/mol. The Bertz CT molecular complexity index is 360. The first-order valence-corrected chi connectivity index (χ1v) is 3.79. The van der Waals surface area contributed by atoms with Crippen molar-refractivity contribution in [3.63, 3.8) is 0 Å². The lowest BCUT2D eigenvalue weighted by molar-refractivity contribution is 0.904. The van der Waals surface area contributed by atoms with Gasteiger partial charge in [-0.1, -0.05) is 11.3 Å². The fourth-order valence-corrected chi connectivity index (χ4v) is 1.61. The molecule has 2 aromatic heterocycles. The molecule has 0 aliphatic rings. The van der Waals surface area contributed by atoms with Crippen LogP contribution in [0.15, 0.2) is 0 Å². The minimum atomic E-state index is 0.823. The molecule has 0 aromatic carbocycles. The molecule has 51 valence electrons. The van der Waals surface area contributed by atoms with Gasteiger partial charge in [-0.05, 0) is 13.8 Å². The molecule has 10 heavy (non-hydrogen) atoms. The average molecular weight is 152 g/mol. The van der Waals surface area contributed by atoms with Crippen LogP contribution in [0.25, 0.3) is 4.96 Å². The molecule has 0 fully saturated rings. The van der Waals surface area contributed by atoms with Gasteiger partial charge in [0.25, 0.3) is 0 Å². The highest BCUT2D eigenvalue weighted by Gasteiger charge is 2.02. The number of aryl methyl sites for hydroxylation is 2. The Morgan fingerprint density at radius 2 is 2.30 bits per heavy atom. The van der Waals surface area contributed by atoms with E-state index in [1.807, 2.05) is 13.8 Å². The minimum Gasteiger partial charge on any atom is -0.207 e. The maximum Gasteiger partial charge on any atom is 0.213 e. The topological polar surface area (TPSA) is 30.2 Å². The van der Waals surface area contributed by atoms with Crippen molar-refractivity contribution >= 4 is 16.3 Å². The van der Waals surface area contributed by atoms with Gasteiger partial charge in [-0.3, -0.25) is 0 Å². The zero-order chi connectivity index (χ0) is 7.14. The fourth-order valence-electron chi connectivity index (χ4n) is 0.843. The summed E-state index contributed by atoms with van der Waals surface area (Å²) in [4.78, 5) is 5.10. The third-order valence-corrected chi connectivity index (χ3v) is 2.14. The number of aromatic nitrogens is 3. The van der Waals surface area contributed by atoms with Crippen molar-refractivity contribution < 1.29 is 0 Å². The van der Waals surface area contributed by atoms with Gasteiger partial charge in [0.05, 0.1) is 11.1 Å². The zero-order valence-corrected chi connectivity index (χ0v) is 6.57. The first-order valence-electron chi connectivity index (χ1n) is 2.98. The lowest BCUT2D eigenvalue weighted by Crippen LogP contribution is -1.85. The number of rotatable bonds is 0. The standard InChI is InChI=1S/C6H6N3S/c1-4-3-10-6-7-5(2)8-9(4)6/h1-2H3. The lowest BCUT2D eigenvalue weighted by atomic mass is 10.6. The number of hydrogen-bond donors (Lipinski definition) is 0. The van der Waals surface area contributed by atoms with Gasteiger partial charge >= 0.3 is 0 Å². The van der Waals surface area contributed by atoms with Crippen LogP contribution in [-0.4, -0.2) is 14.6 Å². The molecule has 0 spiro atoms. The van der Waals surface area contributed by atoms with Crippen molar-refractivity contribution in [2.75, 3.05) is 0 Å². The Balaban J connectivity index is 2.90. The van der Waals surface area contributed by atoms with Gasteiger partial charge < -0.3 is 0 Å². The van der Waals surface area contributed by atoms with Crippen molar-refractivity contribution in [3.05, 3.63) is 16.9 Å². The summed E-state index contributed by atoms with van der Waals surface area (Å²) in [6, 6.07) is 0. The number of nitrogens with zero attached hydrogens (tertiary/aromatic N) is 3. The van der Waals surface area contributed by atoms with E-state index in [0.29, 0.717) is 0 Å². The second-order valence-electron chi connectivity index (χ2n) is 2.14. The summed E-state index contributed by atoms with van der Waals surface area (Å²) in [6.07, 6.45) is 0. The highest BCUT2D eigenvalue weighted by atomic mass is 32.1. The maximum absolute atomic E-state index is 4.17. The van der Waals surface area contributed by atoms with E-state index in [0.717, 1.165) is 16.5 Å². The largest absolute Gasteiger partial charge is 0.213 e. The Morgan fingerprint density at radius 1 is 1.50 bits per heavy atom. The van der Waals surface area contributed by atoms with Crippen LogP contribution in [0.5, 0.6) is 0 Å². The average Bonchev–Trinajstić information content (AvgIpc) is 2.35. The third kappa shape index (κ3) is 0.654. The molecule has 0 saturated carbocycles. The fraction of sp³-hybridized carbons (Fsp3) is 0.333. The third-order valence-electron chi connectivity index (χ3n) is 1.29. The summed E-state index contributed by atoms with van der Waals surface area (Å²) < 4.78 is 1.81. The molecule has 0 aliphatic heterocycles. The molecular weight excluding hydrogens is 146 g/mol. The van der Waals surface area contributed by atoms with E-state index < -0.39 is 0 Å². The summed E-state index contributed by atoms with van der Waals surface area (Å²) in [5.41, 5.74) is 1.03. The van der Waals surface area contributed by atoms with Crippen LogP contribution in [0.3, 0.4) is 0 Å². The summed E-state index contributed by atoms with van der Waals surface area (Å²) in [5.74, 6) is 0.823. The molecule has 4 heteroatoms. The van der Waals surface area contributed by atoms with E-state index in [1.54, 1.807) is 4.52 Å². The smallest absolute Gasteiger partial charge is 0.207 e. The Labute approximate surface area is 62.3 Å². The van der Waals surface area contributed by atoms with Crippen LogP contribution in [0.4, 0.5) is 0 Å². The summed E-state index contributed by atoms with van der Waals surface area (Å²) in [5, 5.41) is 7.22. The lowest BCUT2D eigenvalue weighted by Gasteiger charge is -1.80. The molecule has 3 nitrogen and oxygen atoms in total. The number of fused-ring (bicyclic) bond motifs is 1.